The number of benzene rings is 10. The first-order valence-electron chi connectivity index (χ1n) is 21.9. The Balaban J connectivity index is 0.937. The lowest BCUT2D eigenvalue weighted by molar-refractivity contribution is 0.954. The molecule has 4 aromatic heterocycles. The molecule has 14 rings (SSSR count). The third-order valence-electron chi connectivity index (χ3n) is 13.1. The zero-order valence-corrected chi connectivity index (χ0v) is 35.7. The van der Waals surface area contributed by atoms with Crippen molar-refractivity contribution in [3.05, 3.63) is 212 Å². The maximum atomic E-state index is 5.28. The van der Waals surface area contributed by atoms with Crippen LogP contribution in [0.15, 0.2) is 212 Å². The second-order valence-electron chi connectivity index (χ2n) is 16.9. The number of nitrogens with zero attached hydrogens (tertiary/aromatic N) is 5. The van der Waals surface area contributed by atoms with Crippen molar-refractivity contribution in [3.63, 3.8) is 0 Å². The zero-order valence-electron chi connectivity index (χ0n) is 34.9. The summed E-state index contributed by atoms with van der Waals surface area (Å²) in [5.74, 6) is 1.83. The van der Waals surface area contributed by atoms with Gasteiger partial charge in [-0.1, -0.05) is 140 Å². The predicted octanol–water partition coefficient (Wildman–Crippen LogP) is 15.7. The molecular weight excluding hydrogens is 811 g/mol. The fourth-order valence-electron chi connectivity index (χ4n) is 10.0. The Morgan fingerprint density at radius 3 is 1.40 bits per heavy atom. The van der Waals surface area contributed by atoms with Gasteiger partial charge in [-0.3, -0.25) is 4.57 Å². The van der Waals surface area contributed by atoms with E-state index < -0.39 is 0 Å². The maximum Gasteiger partial charge on any atom is 0.238 e. The van der Waals surface area contributed by atoms with Crippen LogP contribution in [0.5, 0.6) is 0 Å². The van der Waals surface area contributed by atoms with Gasteiger partial charge in [-0.25, -0.2) is 4.98 Å². The van der Waals surface area contributed by atoms with Crippen molar-refractivity contribution in [2.45, 2.75) is 0 Å². The molecule has 0 fully saturated rings. The molecule has 0 bridgehead atoms. The van der Waals surface area contributed by atoms with Gasteiger partial charge in [0.2, 0.25) is 5.95 Å². The van der Waals surface area contributed by atoms with Gasteiger partial charge in [0.1, 0.15) is 0 Å². The molecule has 0 atom stereocenters. The molecule has 4 heterocycles. The van der Waals surface area contributed by atoms with Gasteiger partial charge in [-0.2, -0.15) is 9.97 Å². The molecule has 302 valence electrons. The molecule has 0 saturated carbocycles. The summed E-state index contributed by atoms with van der Waals surface area (Å²) in [6, 6.07) is 76.4. The molecule has 0 N–H and O–H groups in total. The van der Waals surface area contributed by atoms with E-state index in [0.29, 0.717) is 17.6 Å². The van der Waals surface area contributed by atoms with Gasteiger partial charge in [0.15, 0.2) is 11.6 Å². The van der Waals surface area contributed by atoms with Crippen LogP contribution < -0.4 is 0 Å². The minimum Gasteiger partial charge on any atom is -0.309 e. The molecule has 10 aromatic carbocycles. The van der Waals surface area contributed by atoms with Crippen molar-refractivity contribution in [2.75, 3.05) is 0 Å². The molecule has 6 heteroatoms. The maximum absolute atomic E-state index is 5.28. The Hall–Kier alpha value is -8.45. The second-order valence-corrected chi connectivity index (χ2v) is 17.9. The van der Waals surface area contributed by atoms with Crippen molar-refractivity contribution >= 4 is 96.7 Å². The van der Waals surface area contributed by atoms with Crippen LogP contribution in [0.3, 0.4) is 0 Å². The van der Waals surface area contributed by atoms with Crippen molar-refractivity contribution in [3.8, 4) is 45.5 Å². The minimum absolute atomic E-state index is 0.577. The molecule has 0 saturated heterocycles. The van der Waals surface area contributed by atoms with Gasteiger partial charge < -0.3 is 4.57 Å². The fraction of sp³-hybridized carbons (Fsp3) is 0. The van der Waals surface area contributed by atoms with Crippen molar-refractivity contribution in [2.24, 2.45) is 0 Å². The van der Waals surface area contributed by atoms with Crippen LogP contribution in [-0.2, 0) is 0 Å². The summed E-state index contributed by atoms with van der Waals surface area (Å²) < 4.78 is 7.25. The Morgan fingerprint density at radius 2 is 0.769 bits per heavy atom. The van der Waals surface area contributed by atoms with E-state index in [-0.39, 0.29) is 0 Å². The van der Waals surface area contributed by atoms with Gasteiger partial charge in [0, 0.05) is 58.5 Å². The molecule has 0 radical (unpaired) electrons. The van der Waals surface area contributed by atoms with Crippen LogP contribution in [0.1, 0.15) is 0 Å². The third-order valence-corrected chi connectivity index (χ3v) is 14.3. The van der Waals surface area contributed by atoms with Crippen LogP contribution in [0, 0.1) is 0 Å². The van der Waals surface area contributed by atoms with E-state index in [9.17, 15) is 0 Å². The smallest absolute Gasteiger partial charge is 0.238 e. The van der Waals surface area contributed by atoms with E-state index in [2.05, 4.69) is 221 Å². The molecule has 0 unspecified atom stereocenters. The number of hydrogen-bond donors (Lipinski definition) is 0. The molecule has 0 aliphatic rings. The number of rotatable bonds is 5. The highest BCUT2D eigenvalue weighted by Crippen LogP contribution is 2.41. The van der Waals surface area contributed by atoms with Crippen LogP contribution >= 0.6 is 11.3 Å². The average molecular weight is 846 g/mol. The largest absolute Gasteiger partial charge is 0.309 e. The molecule has 65 heavy (non-hydrogen) atoms. The summed E-state index contributed by atoms with van der Waals surface area (Å²) in [7, 11) is 0. The SMILES string of the molecule is c1ccc2cc(-c3nc(-c4ccc5ccccc5c4)nc(-n4c5ccccc5c5cc(-c6ccc7c(c6)c6ccccc6n7-c6ccc7sc8ccccc8c7c6)ccc54)n3)ccc2c1. The van der Waals surface area contributed by atoms with E-state index >= 15 is 0 Å². The van der Waals surface area contributed by atoms with Gasteiger partial charge in [-0.15, -0.1) is 11.3 Å². The number of para-hydroxylation sites is 2. The average Bonchev–Trinajstić information content (AvgIpc) is 4.03. The summed E-state index contributed by atoms with van der Waals surface area (Å²) >= 11 is 1.85. The first-order chi connectivity index (χ1) is 32.2. The fourth-order valence-corrected chi connectivity index (χ4v) is 11.1. The van der Waals surface area contributed by atoms with E-state index in [0.717, 1.165) is 54.8 Å². The minimum atomic E-state index is 0.577. The topological polar surface area (TPSA) is 48.5 Å². The molecule has 0 amide bonds. The summed E-state index contributed by atoms with van der Waals surface area (Å²) in [5, 5.41) is 12.0. The number of fused-ring (bicyclic) bond motifs is 11. The lowest BCUT2D eigenvalue weighted by Crippen LogP contribution is -2.06. The van der Waals surface area contributed by atoms with E-state index in [1.165, 1.54) is 58.4 Å². The van der Waals surface area contributed by atoms with Crippen LogP contribution in [0.25, 0.3) is 131 Å². The molecule has 14 aromatic rings. The normalized spacial score (nSPS) is 12.0. The Kier molecular flexibility index (Phi) is 7.79. The molecule has 0 aliphatic heterocycles. The Labute approximate surface area is 376 Å². The third kappa shape index (κ3) is 5.67. The monoisotopic (exact) mass is 845 g/mol. The Morgan fingerprint density at radius 1 is 0.292 bits per heavy atom. The predicted molar refractivity (Wildman–Crippen MR) is 273 cm³/mol. The van der Waals surface area contributed by atoms with Crippen LogP contribution in [0.4, 0.5) is 0 Å². The van der Waals surface area contributed by atoms with E-state index in [1.807, 2.05) is 11.3 Å². The second kappa shape index (κ2) is 14.0. The molecule has 0 spiro atoms. The lowest BCUT2D eigenvalue weighted by atomic mass is 10.0. The van der Waals surface area contributed by atoms with Gasteiger partial charge >= 0.3 is 0 Å². The number of aromatic nitrogens is 5. The van der Waals surface area contributed by atoms with Crippen molar-refractivity contribution in [1.29, 1.82) is 0 Å². The zero-order chi connectivity index (χ0) is 42.6. The first-order valence-corrected chi connectivity index (χ1v) is 22.7. The quantitative estimate of drug-likeness (QED) is 0.173. The highest BCUT2D eigenvalue weighted by Gasteiger charge is 2.20. The van der Waals surface area contributed by atoms with E-state index in [1.54, 1.807) is 0 Å². The molecule has 0 aliphatic carbocycles. The van der Waals surface area contributed by atoms with Gasteiger partial charge in [0.25, 0.3) is 0 Å². The summed E-state index contributed by atoms with van der Waals surface area (Å²) in [6.45, 7) is 0. The Bertz CT molecular complexity index is 4170. The van der Waals surface area contributed by atoms with Gasteiger partial charge in [0.05, 0.1) is 22.1 Å². The molecular formula is C59H35N5S. The van der Waals surface area contributed by atoms with Gasteiger partial charge in [-0.05, 0) is 105 Å². The number of hydrogen-bond acceptors (Lipinski definition) is 4. The summed E-state index contributed by atoms with van der Waals surface area (Å²) in [4.78, 5) is 15.7. The molecule has 5 nitrogen and oxygen atoms in total. The number of thiophene rings is 1. The highest BCUT2D eigenvalue weighted by atomic mass is 32.1. The first kappa shape index (κ1) is 36.1. The van der Waals surface area contributed by atoms with Crippen molar-refractivity contribution < 1.29 is 0 Å². The summed E-state index contributed by atoms with van der Waals surface area (Å²) in [5.41, 5.74) is 9.80. The standard InChI is InChI=1S/C59H35N5S/c1-3-13-38-31-42(23-21-36(38)11-1)57-60-58(43-24-22-37-12-2-4-14-39(37)32-43)62-59(61-57)64-52-19-9-6-16-46(52)49-34-41(26-29-54(49)64)40-25-28-53-48(33-40)45-15-5-8-18-51(45)63(53)44-27-30-56-50(35-44)47-17-7-10-20-55(47)65-56/h1-35H. The lowest BCUT2D eigenvalue weighted by Gasteiger charge is -2.12. The summed E-state index contributed by atoms with van der Waals surface area (Å²) in [6.07, 6.45) is 0. The highest BCUT2D eigenvalue weighted by molar-refractivity contribution is 7.25. The van der Waals surface area contributed by atoms with Crippen molar-refractivity contribution in [1.82, 2.24) is 24.1 Å². The van der Waals surface area contributed by atoms with Crippen LogP contribution in [0.2, 0.25) is 0 Å². The van der Waals surface area contributed by atoms with Crippen LogP contribution in [-0.4, -0.2) is 24.1 Å². The van der Waals surface area contributed by atoms with E-state index in [4.69, 9.17) is 15.0 Å².